The highest BCUT2D eigenvalue weighted by Crippen LogP contribution is 2.20. The molecule has 2 N–H and O–H groups in total. The van der Waals surface area contributed by atoms with E-state index in [2.05, 4.69) is 17.2 Å². The van der Waals surface area contributed by atoms with Crippen molar-refractivity contribution in [2.24, 2.45) is 5.41 Å². The number of para-hydroxylation sites is 1. The van der Waals surface area contributed by atoms with Crippen molar-refractivity contribution in [3.8, 4) is 0 Å². The van der Waals surface area contributed by atoms with E-state index in [0.717, 1.165) is 0 Å². The van der Waals surface area contributed by atoms with Gasteiger partial charge in [0.1, 0.15) is 0 Å². The number of nitrogens with one attached hydrogen (secondary N) is 2. The Hall–Kier alpha value is -2.10. The van der Waals surface area contributed by atoms with Gasteiger partial charge >= 0.3 is 0 Å². The van der Waals surface area contributed by atoms with Crippen LogP contribution in [0.3, 0.4) is 0 Å². The van der Waals surface area contributed by atoms with E-state index in [9.17, 15) is 9.59 Å². The van der Waals surface area contributed by atoms with Crippen molar-refractivity contribution in [2.45, 2.75) is 20.8 Å². The summed E-state index contributed by atoms with van der Waals surface area (Å²) in [5, 5.41) is 5.47. The second-order valence-corrected chi connectivity index (χ2v) is 5.25. The molecule has 1 aromatic rings. The minimum Gasteiger partial charge on any atom is -0.349 e. The molecular formula is C15H20N2O2. The van der Waals surface area contributed by atoms with Gasteiger partial charge in [-0.3, -0.25) is 9.59 Å². The first-order chi connectivity index (χ1) is 8.86. The van der Waals surface area contributed by atoms with Crippen LogP contribution in [0.5, 0.6) is 0 Å². The molecule has 0 aliphatic carbocycles. The van der Waals surface area contributed by atoms with Crippen LogP contribution in [0.15, 0.2) is 36.9 Å². The number of hydrogen-bond acceptors (Lipinski definition) is 2. The summed E-state index contributed by atoms with van der Waals surface area (Å²) in [6, 6.07) is 6.93. The Morgan fingerprint density at radius 1 is 1.26 bits per heavy atom. The van der Waals surface area contributed by atoms with Crippen LogP contribution in [0, 0.1) is 5.41 Å². The quantitative estimate of drug-likeness (QED) is 0.817. The van der Waals surface area contributed by atoms with Crippen LogP contribution in [-0.2, 0) is 4.79 Å². The van der Waals surface area contributed by atoms with Gasteiger partial charge in [0.05, 0.1) is 11.3 Å². The molecule has 0 aliphatic heterocycles. The van der Waals surface area contributed by atoms with Crippen molar-refractivity contribution in [3.63, 3.8) is 0 Å². The van der Waals surface area contributed by atoms with E-state index in [1.54, 1.807) is 30.3 Å². The van der Waals surface area contributed by atoms with Gasteiger partial charge in [-0.15, -0.1) is 6.58 Å². The molecule has 4 nitrogen and oxygen atoms in total. The highest BCUT2D eigenvalue weighted by atomic mass is 16.2. The summed E-state index contributed by atoms with van der Waals surface area (Å²) < 4.78 is 0. The van der Waals surface area contributed by atoms with Crippen LogP contribution in [-0.4, -0.2) is 18.4 Å². The van der Waals surface area contributed by atoms with Crippen molar-refractivity contribution in [2.75, 3.05) is 11.9 Å². The maximum Gasteiger partial charge on any atom is 0.253 e. The number of carbonyl (C=O) groups is 2. The highest BCUT2D eigenvalue weighted by molar-refractivity contribution is 6.04. The fourth-order valence-electron chi connectivity index (χ4n) is 1.36. The lowest BCUT2D eigenvalue weighted by Gasteiger charge is -2.19. The first kappa shape index (κ1) is 15.0. The minimum absolute atomic E-state index is 0.128. The Morgan fingerprint density at radius 2 is 1.89 bits per heavy atom. The lowest BCUT2D eigenvalue weighted by Crippen LogP contribution is -2.30. The molecule has 0 radical (unpaired) electrons. The van der Waals surface area contributed by atoms with E-state index < -0.39 is 5.41 Å². The van der Waals surface area contributed by atoms with Crippen LogP contribution in [0.2, 0.25) is 0 Å². The van der Waals surface area contributed by atoms with Gasteiger partial charge < -0.3 is 10.6 Å². The molecule has 0 unspecified atom stereocenters. The monoisotopic (exact) mass is 260 g/mol. The van der Waals surface area contributed by atoms with Gasteiger partial charge in [0.15, 0.2) is 0 Å². The highest BCUT2D eigenvalue weighted by Gasteiger charge is 2.22. The molecule has 0 heterocycles. The number of benzene rings is 1. The average Bonchev–Trinajstić information content (AvgIpc) is 2.35. The number of hydrogen-bond donors (Lipinski definition) is 2. The van der Waals surface area contributed by atoms with Crippen LogP contribution in [0.25, 0.3) is 0 Å². The molecule has 0 fully saturated rings. The molecule has 1 aromatic carbocycles. The molecule has 2 amide bonds. The summed E-state index contributed by atoms with van der Waals surface area (Å²) in [6.45, 7) is 9.40. The van der Waals surface area contributed by atoms with Crippen LogP contribution < -0.4 is 10.6 Å². The third kappa shape index (κ3) is 4.25. The van der Waals surface area contributed by atoms with Crippen LogP contribution in [0.1, 0.15) is 31.1 Å². The third-order valence-electron chi connectivity index (χ3n) is 2.51. The molecule has 1 rings (SSSR count). The number of amides is 2. The summed E-state index contributed by atoms with van der Waals surface area (Å²) in [7, 11) is 0. The van der Waals surface area contributed by atoms with Gasteiger partial charge in [0, 0.05) is 12.0 Å². The van der Waals surface area contributed by atoms with Crippen molar-refractivity contribution < 1.29 is 9.59 Å². The minimum atomic E-state index is -0.509. The fourth-order valence-corrected chi connectivity index (χ4v) is 1.36. The van der Waals surface area contributed by atoms with Gasteiger partial charge in [-0.2, -0.15) is 0 Å². The van der Waals surface area contributed by atoms with Gasteiger partial charge in [-0.05, 0) is 12.1 Å². The topological polar surface area (TPSA) is 58.2 Å². The Bertz CT molecular complexity index is 487. The van der Waals surface area contributed by atoms with E-state index in [1.165, 1.54) is 0 Å². The summed E-state index contributed by atoms with van der Waals surface area (Å²) in [5.41, 5.74) is 0.455. The maximum atomic E-state index is 12.0. The molecule has 0 spiro atoms. The Kier molecular flexibility index (Phi) is 4.87. The average molecular weight is 260 g/mol. The summed E-state index contributed by atoms with van der Waals surface area (Å²) in [6.07, 6.45) is 1.61. The largest absolute Gasteiger partial charge is 0.349 e. The van der Waals surface area contributed by atoms with Gasteiger partial charge in [0.25, 0.3) is 5.91 Å². The molecule has 0 saturated heterocycles. The third-order valence-corrected chi connectivity index (χ3v) is 2.51. The number of anilines is 1. The molecule has 102 valence electrons. The Labute approximate surface area is 113 Å². The summed E-state index contributed by atoms with van der Waals surface area (Å²) in [4.78, 5) is 23.9. The first-order valence-corrected chi connectivity index (χ1v) is 6.16. The molecule has 19 heavy (non-hydrogen) atoms. The molecule has 0 aromatic heterocycles. The Morgan fingerprint density at radius 3 is 2.47 bits per heavy atom. The van der Waals surface area contributed by atoms with Crippen LogP contribution >= 0.6 is 0 Å². The SMILES string of the molecule is C=CCNC(=O)c1ccccc1NC(=O)C(C)(C)C. The maximum absolute atomic E-state index is 12.0. The molecule has 4 heteroatoms. The predicted molar refractivity (Wildman–Crippen MR) is 77.1 cm³/mol. The van der Waals surface area contributed by atoms with E-state index >= 15 is 0 Å². The van der Waals surface area contributed by atoms with Crippen molar-refractivity contribution in [1.82, 2.24) is 5.32 Å². The van der Waals surface area contributed by atoms with Gasteiger partial charge in [0.2, 0.25) is 5.91 Å². The zero-order chi connectivity index (χ0) is 14.5. The van der Waals surface area contributed by atoms with E-state index in [0.29, 0.717) is 17.8 Å². The predicted octanol–water partition coefficient (Wildman–Crippen LogP) is 2.59. The molecule has 0 saturated carbocycles. The zero-order valence-corrected chi connectivity index (χ0v) is 11.6. The zero-order valence-electron chi connectivity index (χ0n) is 11.6. The van der Waals surface area contributed by atoms with Crippen LogP contribution in [0.4, 0.5) is 5.69 Å². The fraction of sp³-hybridized carbons (Fsp3) is 0.333. The summed E-state index contributed by atoms with van der Waals surface area (Å²) in [5.74, 6) is -0.360. The van der Waals surface area contributed by atoms with Crippen molar-refractivity contribution in [3.05, 3.63) is 42.5 Å². The summed E-state index contributed by atoms with van der Waals surface area (Å²) >= 11 is 0. The normalized spacial score (nSPS) is 10.7. The number of rotatable bonds is 4. The molecule has 0 bridgehead atoms. The van der Waals surface area contributed by atoms with Crippen molar-refractivity contribution in [1.29, 1.82) is 0 Å². The first-order valence-electron chi connectivity index (χ1n) is 6.16. The van der Waals surface area contributed by atoms with E-state index in [1.807, 2.05) is 20.8 Å². The van der Waals surface area contributed by atoms with Crippen molar-refractivity contribution >= 4 is 17.5 Å². The van der Waals surface area contributed by atoms with E-state index in [4.69, 9.17) is 0 Å². The lowest BCUT2D eigenvalue weighted by atomic mass is 9.95. The molecule has 0 aliphatic rings. The number of carbonyl (C=O) groups excluding carboxylic acids is 2. The lowest BCUT2D eigenvalue weighted by molar-refractivity contribution is -0.123. The molecule has 0 atom stereocenters. The Balaban J connectivity index is 2.93. The standard InChI is InChI=1S/C15H20N2O2/c1-5-10-16-13(18)11-8-6-7-9-12(11)17-14(19)15(2,3)4/h5-9H,1,10H2,2-4H3,(H,16,18)(H,17,19). The van der Waals surface area contributed by atoms with Gasteiger partial charge in [-0.1, -0.05) is 39.0 Å². The second kappa shape index (κ2) is 6.18. The van der Waals surface area contributed by atoms with Gasteiger partial charge in [-0.25, -0.2) is 0 Å². The smallest absolute Gasteiger partial charge is 0.253 e. The second-order valence-electron chi connectivity index (χ2n) is 5.25. The molecular weight excluding hydrogens is 240 g/mol. The van der Waals surface area contributed by atoms with E-state index in [-0.39, 0.29) is 11.8 Å².